The minimum atomic E-state index is -0.123. The van der Waals surface area contributed by atoms with E-state index in [1.165, 1.54) is 5.56 Å². The average molecular weight is 431 g/mol. The minimum absolute atomic E-state index is 0.123. The summed E-state index contributed by atoms with van der Waals surface area (Å²) in [6.45, 7) is 7.04. The molecule has 0 radical (unpaired) electrons. The van der Waals surface area contributed by atoms with E-state index in [0.717, 1.165) is 41.3 Å². The zero-order chi connectivity index (χ0) is 22.6. The van der Waals surface area contributed by atoms with Crippen LogP contribution in [0.1, 0.15) is 18.9 Å². The first-order valence-corrected chi connectivity index (χ1v) is 10.8. The number of rotatable bonds is 12. The van der Waals surface area contributed by atoms with E-state index in [4.69, 9.17) is 9.47 Å². The average Bonchev–Trinajstić information content (AvgIpc) is 2.81. The van der Waals surface area contributed by atoms with E-state index >= 15 is 0 Å². The Morgan fingerprint density at radius 2 is 1.47 bits per heavy atom. The van der Waals surface area contributed by atoms with Gasteiger partial charge in [-0.2, -0.15) is 0 Å². The van der Waals surface area contributed by atoms with Gasteiger partial charge in [0.25, 0.3) is 0 Å². The van der Waals surface area contributed by atoms with E-state index in [9.17, 15) is 4.79 Å². The Labute approximate surface area is 190 Å². The van der Waals surface area contributed by atoms with Crippen molar-refractivity contribution in [1.29, 1.82) is 0 Å². The van der Waals surface area contributed by atoms with Crippen molar-refractivity contribution in [3.8, 4) is 11.5 Å². The molecule has 0 aromatic heterocycles. The summed E-state index contributed by atoms with van der Waals surface area (Å²) in [5.41, 5.74) is 3.86. The van der Waals surface area contributed by atoms with Crippen LogP contribution < -0.4 is 20.1 Å². The topological polar surface area (TPSA) is 59.6 Å². The summed E-state index contributed by atoms with van der Waals surface area (Å²) < 4.78 is 11.4. The zero-order valence-corrected chi connectivity index (χ0v) is 18.5. The summed E-state index contributed by atoms with van der Waals surface area (Å²) in [6.07, 6.45) is 1.96. The third-order valence-corrected chi connectivity index (χ3v) is 4.65. The van der Waals surface area contributed by atoms with Crippen LogP contribution >= 0.6 is 0 Å². The fourth-order valence-electron chi connectivity index (χ4n) is 3.01. The third kappa shape index (κ3) is 8.19. The standard InChI is InChI=1S/C27H30N2O3/c1-21(2)20-32-26-16-12-24(13-17-26)29-27(30)19-28-23-10-14-25(15-11-23)31-18-6-9-22-7-4-3-5-8-22/h3-5,7-8,10-17,28H,1,6,9,18-20H2,2H3,(H,29,30). The van der Waals surface area contributed by atoms with Crippen molar-refractivity contribution in [1.82, 2.24) is 0 Å². The molecule has 5 nitrogen and oxygen atoms in total. The van der Waals surface area contributed by atoms with E-state index in [1.807, 2.05) is 61.5 Å². The van der Waals surface area contributed by atoms with E-state index in [-0.39, 0.29) is 12.5 Å². The lowest BCUT2D eigenvalue weighted by Crippen LogP contribution is -2.21. The third-order valence-electron chi connectivity index (χ3n) is 4.65. The van der Waals surface area contributed by atoms with Gasteiger partial charge >= 0.3 is 0 Å². The van der Waals surface area contributed by atoms with Crippen molar-refractivity contribution in [2.75, 3.05) is 30.4 Å². The summed E-state index contributed by atoms with van der Waals surface area (Å²) in [5, 5.41) is 5.99. The first-order chi connectivity index (χ1) is 15.6. The predicted octanol–water partition coefficient (Wildman–Crippen LogP) is 5.70. The SMILES string of the molecule is C=C(C)COc1ccc(NC(=O)CNc2ccc(OCCCc3ccccc3)cc2)cc1. The highest BCUT2D eigenvalue weighted by atomic mass is 16.5. The van der Waals surface area contributed by atoms with E-state index < -0.39 is 0 Å². The lowest BCUT2D eigenvalue weighted by Gasteiger charge is -2.10. The molecular weight excluding hydrogens is 400 g/mol. The highest BCUT2D eigenvalue weighted by molar-refractivity contribution is 5.93. The van der Waals surface area contributed by atoms with Gasteiger partial charge in [-0.1, -0.05) is 36.9 Å². The molecule has 0 spiro atoms. The van der Waals surface area contributed by atoms with Gasteiger partial charge in [-0.15, -0.1) is 0 Å². The van der Waals surface area contributed by atoms with Crippen molar-refractivity contribution < 1.29 is 14.3 Å². The molecular formula is C27H30N2O3. The molecule has 0 heterocycles. The lowest BCUT2D eigenvalue weighted by atomic mass is 10.1. The van der Waals surface area contributed by atoms with Crippen molar-refractivity contribution in [2.45, 2.75) is 19.8 Å². The summed E-state index contributed by atoms with van der Waals surface area (Å²) in [7, 11) is 0. The number of carbonyl (C=O) groups is 1. The number of anilines is 2. The van der Waals surface area contributed by atoms with Gasteiger partial charge in [0.2, 0.25) is 5.91 Å². The normalized spacial score (nSPS) is 10.3. The number of amides is 1. The van der Waals surface area contributed by atoms with Crippen LogP contribution in [-0.2, 0) is 11.2 Å². The second-order valence-electron chi connectivity index (χ2n) is 7.63. The summed E-state index contributed by atoms with van der Waals surface area (Å²) in [4.78, 5) is 12.2. The molecule has 0 unspecified atom stereocenters. The monoisotopic (exact) mass is 430 g/mol. The van der Waals surface area contributed by atoms with E-state index in [1.54, 1.807) is 0 Å². The van der Waals surface area contributed by atoms with Crippen LogP contribution in [-0.4, -0.2) is 25.7 Å². The number of ether oxygens (including phenoxy) is 2. The second kappa shape index (κ2) is 12.2. The zero-order valence-electron chi connectivity index (χ0n) is 18.5. The fourth-order valence-corrected chi connectivity index (χ4v) is 3.01. The molecule has 2 N–H and O–H groups in total. The molecule has 5 heteroatoms. The maximum absolute atomic E-state index is 12.2. The summed E-state index contributed by atoms with van der Waals surface area (Å²) >= 11 is 0. The highest BCUT2D eigenvalue weighted by Crippen LogP contribution is 2.18. The maximum Gasteiger partial charge on any atom is 0.243 e. The molecule has 32 heavy (non-hydrogen) atoms. The summed E-state index contributed by atoms with van der Waals surface area (Å²) in [6, 6.07) is 25.3. The van der Waals surface area contributed by atoms with Crippen molar-refractivity contribution in [2.24, 2.45) is 0 Å². The molecule has 0 fully saturated rings. The summed E-state index contributed by atoms with van der Waals surface area (Å²) in [5.74, 6) is 1.44. The van der Waals surface area contributed by atoms with Crippen LogP contribution in [0.5, 0.6) is 11.5 Å². The van der Waals surface area contributed by atoms with Crippen LogP contribution in [0.2, 0.25) is 0 Å². The number of carbonyl (C=O) groups excluding carboxylic acids is 1. The number of nitrogens with one attached hydrogen (secondary N) is 2. The van der Waals surface area contributed by atoms with E-state index in [0.29, 0.717) is 13.2 Å². The molecule has 1 amide bonds. The Kier molecular flexibility index (Phi) is 8.75. The largest absolute Gasteiger partial charge is 0.494 e. The van der Waals surface area contributed by atoms with Crippen LogP contribution in [0.4, 0.5) is 11.4 Å². The van der Waals surface area contributed by atoms with E-state index in [2.05, 4.69) is 41.5 Å². The molecule has 0 atom stereocenters. The van der Waals surface area contributed by atoms with Gasteiger partial charge in [-0.25, -0.2) is 0 Å². The first kappa shape index (κ1) is 22.9. The van der Waals surface area contributed by atoms with Gasteiger partial charge < -0.3 is 20.1 Å². The van der Waals surface area contributed by atoms with Gasteiger partial charge in [0.05, 0.1) is 13.2 Å². The first-order valence-electron chi connectivity index (χ1n) is 10.8. The number of hydrogen-bond donors (Lipinski definition) is 2. The Bertz CT molecular complexity index is 984. The number of aryl methyl sites for hydroxylation is 1. The van der Waals surface area contributed by atoms with Gasteiger partial charge in [0.1, 0.15) is 18.1 Å². The van der Waals surface area contributed by atoms with Crippen LogP contribution in [0.15, 0.2) is 91.0 Å². The molecule has 0 saturated carbocycles. The van der Waals surface area contributed by atoms with Gasteiger partial charge in [0.15, 0.2) is 0 Å². The molecule has 0 saturated heterocycles. The molecule has 3 rings (SSSR count). The Morgan fingerprint density at radius 3 is 2.12 bits per heavy atom. The highest BCUT2D eigenvalue weighted by Gasteiger charge is 2.04. The lowest BCUT2D eigenvalue weighted by molar-refractivity contribution is -0.114. The van der Waals surface area contributed by atoms with Crippen LogP contribution in [0.25, 0.3) is 0 Å². The molecule has 166 valence electrons. The maximum atomic E-state index is 12.2. The van der Waals surface area contributed by atoms with Gasteiger partial charge in [-0.3, -0.25) is 4.79 Å². The Hall–Kier alpha value is -3.73. The number of hydrogen-bond acceptors (Lipinski definition) is 4. The van der Waals surface area contributed by atoms with Gasteiger partial charge in [-0.05, 0) is 79.4 Å². The quantitative estimate of drug-likeness (QED) is 0.286. The predicted molar refractivity (Wildman–Crippen MR) is 131 cm³/mol. The van der Waals surface area contributed by atoms with Crippen molar-refractivity contribution in [3.63, 3.8) is 0 Å². The Morgan fingerprint density at radius 1 is 0.844 bits per heavy atom. The van der Waals surface area contributed by atoms with Crippen molar-refractivity contribution in [3.05, 3.63) is 96.6 Å². The molecule has 3 aromatic carbocycles. The molecule has 3 aromatic rings. The van der Waals surface area contributed by atoms with Gasteiger partial charge in [0, 0.05) is 11.4 Å². The minimum Gasteiger partial charge on any atom is -0.494 e. The fraction of sp³-hybridized carbons (Fsp3) is 0.222. The number of benzene rings is 3. The second-order valence-corrected chi connectivity index (χ2v) is 7.63. The Balaban J connectivity index is 1.35. The molecule has 0 aliphatic rings. The van der Waals surface area contributed by atoms with Crippen molar-refractivity contribution >= 4 is 17.3 Å². The molecule has 0 aliphatic heterocycles. The molecule has 0 aliphatic carbocycles. The van der Waals surface area contributed by atoms with Crippen LogP contribution in [0, 0.1) is 0 Å². The smallest absolute Gasteiger partial charge is 0.243 e. The molecule has 0 bridgehead atoms. The van der Waals surface area contributed by atoms with Crippen LogP contribution in [0.3, 0.4) is 0 Å².